The SMILES string of the molecule is CC(C)OC(=O)C1=C(CN2CCOC[C@H]2C(=O)O)NC(c2nccs2)=N[C@H]1c1ccc(F)c(F)c1. The molecule has 0 amide bonds. The largest absolute Gasteiger partial charge is 0.480 e. The molecule has 186 valence electrons. The van der Waals surface area contributed by atoms with E-state index in [4.69, 9.17) is 9.47 Å². The van der Waals surface area contributed by atoms with Crippen LogP contribution in [0.2, 0.25) is 0 Å². The molecule has 0 saturated carbocycles. The van der Waals surface area contributed by atoms with Gasteiger partial charge in [-0.05, 0) is 31.5 Å². The molecule has 0 bridgehead atoms. The normalized spacial score (nSPS) is 21.0. The molecule has 2 aromatic rings. The van der Waals surface area contributed by atoms with E-state index in [1.54, 1.807) is 30.3 Å². The number of amidine groups is 1. The minimum absolute atomic E-state index is 0.00554. The number of aromatic nitrogens is 1. The van der Waals surface area contributed by atoms with E-state index in [9.17, 15) is 23.5 Å². The van der Waals surface area contributed by atoms with Crippen molar-refractivity contribution in [3.05, 3.63) is 63.3 Å². The van der Waals surface area contributed by atoms with Crippen LogP contribution in [0, 0.1) is 11.6 Å². The molecule has 1 saturated heterocycles. The fraction of sp³-hybridized carbons (Fsp3) is 0.391. The van der Waals surface area contributed by atoms with E-state index in [1.807, 2.05) is 0 Å². The standard InChI is InChI=1S/C23H24F2N4O5S/c1-12(2)34-23(32)18-16(10-29-6-7-33-11-17(29)22(30)31)27-20(21-26-5-8-35-21)28-19(18)13-3-4-14(24)15(25)9-13/h3-5,8-9,12,17,19H,6-7,10-11H2,1-2H3,(H,27,28)(H,30,31)/t17-,19-/m0/s1. The Balaban J connectivity index is 1.83. The predicted molar refractivity (Wildman–Crippen MR) is 123 cm³/mol. The van der Waals surface area contributed by atoms with E-state index < -0.39 is 41.8 Å². The molecule has 0 spiro atoms. The maximum atomic E-state index is 14.2. The first kappa shape index (κ1) is 24.9. The number of halogens is 2. The van der Waals surface area contributed by atoms with Crippen LogP contribution >= 0.6 is 11.3 Å². The summed E-state index contributed by atoms with van der Waals surface area (Å²) in [5.41, 5.74) is 0.670. The third-order valence-corrected chi connectivity index (χ3v) is 6.25. The van der Waals surface area contributed by atoms with Crippen molar-refractivity contribution in [1.82, 2.24) is 15.2 Å². The molecule has 2 aliphatic heterocycles. The first-order chi connectivity index (χ1) is 16.7. The topological polar surface area (TPSA) is 113 Å². The van der Waals surface area contributed by atoms with Gasteiger partial charge in [0.25, 0.3) is 0 Å². The lowest BCUT2D eigenvalue weighted by atomic mass is 9.95. The smallest absolute Gasteiger partial charge is 0.338 e. The number of aliphatic imine (C=N–C) groups is 1. The maximum Gasteiger partial charge on any atom is 0.338 e. The lowest BCUT2D eigenvalue weighted by Gasteiger charge is -2.35. The molecule has 12 heteroatoms. The minimum atomic E-state index is -1.08. The number of thiazole rings is 1. The molecule has 2 atom stereocenters. The van der Waals surface area contributed by atoms with Gasteiger partial charge < -0.3 is 19.9 Å². The Bertz CT molecular complexity index is 1170. The summed E-state index contributed by atoms with van der Waals surface area (Å²) in [5, 5.41) is 15.1. The Hall–Kier alpha value is -3.22. The zero-order valence-electron chi connectivity index (χ0n) is 19.0. The molecule has 2 N–H and O–H groups in total. The van der Waals surface area contributed by atoms with Gasteiger partial charge in [0.15, 0.2) is 22.5 Å². The van der Waals surface area contributed by atoms with Crippen molar-refractivity contribution < 1.29 is 33.0 Å². The van der Waals surface area contributed by atoms with Gasteiger partial charge in [-0.15, -0.1) is 11.3 Å². The average Bonchev–Trinajstić information content (AvgIpc) is 3.35. The maximum absolute atomic E-state index is 14.2. The van der Waals surface area contributed by atoms with Crippen LogP contribution in [0.3, 0.4) is 0 Å². The van der Waals surface area contributed by atoms with Gasteiger partial charge >= 0.3 is 11.9 Å². The highest BCUT2D eigenvalue weighted by atomic mass is 32.1. The van der Waals surface area contributed by atoms with Gasteiger partial charge in [0.2, 0.25) is 0 Å². The summed E-state index contributed by atoms with van der Waals surface area (Å²) in [6.07, 6.45) is 1.13. The van der Waals surface area contributed by atoms with Crippen molar-refractivity contribution in [2.75, 3.05) is 26.3 Å². The fourth-order valence-corrected chi connectivity index (χ4v) is 4.46. The summed E-state index contributed by atoms with van der Waals surface area (Å²) in [6, 6.07) is 1.36. The van der Waals surface area contributed by atoms with Gasteiger partial charge in [0, 0.05) is 30.4 Å². The zero-order valence-corrected chi connectivity index (χ0v) is 19.8. The molecular weight excluding hydrogens is 482 g/mol. The van der Waals surface area contributed by atoms with Gasteiger partial charge in [-0.1, -0.05) is 6.07 Å². The van der Waals surface area contributed by atoms with E-state index in [-0.39, 0.29) is 24.3 Å². The molecule has 0 aliphatic carbocycles. The molecule has 1 aromatic heterocycles. The van der Waals surface area contributed by atoms with Crippen molar-refractivity contribution in [2.24, 2.45) is 4.99 Å². The molecule has 0 radical (unpaired) electrons. The van der Waals surface area contributed by atoms with Gasteiger partial charge in [-0.3, -0.25) is 14.7 Å². The van der Waals surface area contributed by atoms with Crippen LogP contribution in [0.1, 0.15) is 30.5 Å². The van der Waals surface area contributed by atoms with Crippen LogP contribution < -0.4 is 5.32 Å². The highest BCUT2D eigenvalue weighted by Gasteiger charge is 2.37. The quantitative estimate of drug-likeness (QED) is 0.551. The first-order valence-electron chi connectivity index (χ1n) is 10.9. The number of carboxylic acid groups (broad SMARTS) is 1. The predicted octanol–water partition coefficient (Wildman–Crippen LogP) is 2.50. The number of nitrogens with one attached hydrogen (secondary N) is 1. The van der Waals surface area contributed by atoms with Gasteiger partial charge in [-0.2, -0.15) is 0 Å². The number of carbonyl (C=O) groups is 2. The molecule has 9 nitrogen and oxygen atoms in total. The summed E-state index contributed by atoms with van der Waals surface area (Å²) >= 11 is 1.30. The van der Waals surface area contributed by atoms with E-state index in [2.05, 4.69) is 15.3 Å². The van der Waals surface area contributed by atoms with Crippen molar-refractivity contribution >= 4 is 29.1 Å². The van der Waals surface area contributed by atoms with Gasteiger partial charge in [0.1, 0.15) is 12.1 Å². The van der Waals surface area contributed by atoms with E-state index in [0.29, 0.717) is 29.7 Å². The molecule has 1 aromatic carbocycles. The molecule has 1 fully saturated rings. The second-order valence-corrected chi connectivity index (χ2v) is 9.16. The van der Waals surface area contributed by atoms with Gasteiger partial charge in [-0.25, -0.2) is 18.6 Å². The minimum Gasteiger partial charge on any atom is -0.480 e. The molecule has 0 unspecified atom stereocenters. The highest BCUT2D eigenvalue weighted by molar-refractivity contribution is 7.11. The van der Waals surface area contributed by atoms with Crippen molar-refractivity contribution in [3.63, 3.8) is 0 Å². The molecule has 35 heavy (non-hydrogen) atoms. The van der Waals surface area contributed by atoms with Crippen molar-refractivity contribution in [1.29, 1.82) is 0 Å². The fourth-order valence-electron chi connectivity index (χ4n) is 3.87. The van der Waals surface area contributed by atoms with Crippen LogP contribution in [0.25, 0.3) is 0 Å². The van der Waals surface area contributed by atoms with E-state index in [0.717, 1.165) is 12.1 Å². The van der Waals surface area contributed by atoms with Crippen LogP contribution in [0.5, 0.6) is 0 Å². The van der Waals surface area contributed by atoms with Crippen LogP contribution in [0.4, 0.5) is 8.78 Å². The number of aliphatic carboxylic acids is 1. The van der Waals surface area contributed by atoms with Gasteiger partial charge in [0.05, 0.1) is 24.9 Å². The lowest BCUT2D eigenvalue weighted by molar-refractivity contribution is -0.149. The van der Waals surface area contributed by atoms with E-state index >= 15 is 0 Å². The van der Waals surface area contributed by atoms with Crippen LogP contribution in [-0.2, 0) is 19.1 Å². The summed E-state index contributed by atoms with van der Waals surface area (Å²) in [5.74, 6) is -3.53. The summed E-state index contributed by atoms with van der Waals surface area (Å²) in [6.45, 7) is 4.04. The Labute approximate surface area is 204 Å². The zero-order chi connectivity index (χ0) is 25.1. The monoisotopic (exact) mass is 506 g/mol. The number of hydrogen-bond acceptors (Lipinski definition) is 9. The van der Waals surface area contributed by atoms with Crippen molar-refractivity contribution in [3.8, 4) is 0 Å². The van der Waals surface area contributed by atoms with E-state index in [1.165, 1.54) is 17.4 Å². The number of rotatable bonds is 7. The Morgan fingerprint density at radius 1 is 1.34 bits per heavy atom. The first-order valence-corrected chi connectivity index (χ1v) is 11.8. The molecule has 4 rings (SSSR count). The molecule has 3 heterocycles. The lowest BCUT2D eigenvalue weighted by Crippen LogP contribution is -2.52. The Morgan fingerprint density at radius 3 is 2.80 bits per heavy atom. The number of nitrogens with zero attached hydrogens (tertiary/aromatic N) is 3. The number of ether oxygens (including phenoxy) is 2. The van der Waals surface area contributed by atoms with Crippen LogP contribution in [0.15, 0.2) is 46.0 Å². The second-order valence-electron chi connectivity index (χ2n) is 8.26. The third-order valence-electron chi connectivity index (χ3n) is 5.47. The number of esters is 1. The number of hydrogen-bond donors (Lipinski definition) is 2. The molecular formula is C23H24F2N4O5S. The average molecular weight is 507 g/mol. The number of benzene rings is 1. The Kier molecular flexibility index (Phi) is 7.53. The Morgan fingerprint density at radius 2 is 2.14 bits per heavy atom. The van der Waals surface area contributed by atoms with Crippen molar-refractivity contribution in [2.45, 2.75) is 32.0 Å². The third kappa shape index (κ3) is 5.55. The summed E-state index contributed by atoms with van der Waals surface area (Å²) < 4.78 is 38.7. The van der Waals surface area contributed by atoms with Crippen LogP contribution in [-0.4, -0.2) is 71.2 Å². The summed E-state index contributed by atoms with van der Waals surface area (Å²) in [4.78, 5) is 35.6. The molecule has 2 aliphatic rings. The second kappa shape index (κ2) is 10.6. The number of morpholine rings is 1. The number of carboxylic acids is 1. The summed E-state index contributed by atoms with van der Waals surface area (Å²) in [7, 11) is 0. The highest BCUT2D eigenvalue weighted by Crippen LogP contribution is 2.34. The number of carbonyl (C=O) groups excluding carboxylic acids is 1.